The molecule has 0 aliphatic carbocycles. The van der Waals surface area contributed by atoms with Gasteiger partial charge in [-0.2, -0.15) is 0 Å². The quantitative estimate of drug-likeness (QED) is 0.513. The lowest BCUT2D eigenvalue weighted by atomic mass is 10.2. The van der Waals surface area contributed by atoms with Crippen LogP contribution in [-0.2, 0) is 6.61 Å². The van der Waals surface area contributed by atoms with Gasteiger partial charge in [0.15, 0.2) is 11.6 Å². The molecule has 0 bridgehead atoms. The second kappa shape index (κ2) is 5.81. The number of hydrogen-bond acceptors (Lipinski definition) is 4. The number of hydrazine groups is 1. The normalized spacial score (nSPS) is 10.3. The van der Waals surface area contributed by atoms with Crippen LogP contribution in [-0.4, -0.2) is 5.91 Å². The number of thiophene rings is 1. The summed E-state index contributed by atoms with van der Waals surface area (Å²) in [6.07, 6.45) is 0. The van der Waals surface area contributed by atoms with Gasteiger partial charge in [0.25, 0.3) is 5.91 Å². The molecule has 1 amide bonds. The Kier molecular flexibility index (Phi) is 4.13. The molecule has 2 rings (SSSR count). The SMILES string of the molecule is Cc1ccc(F)c(OCc2ccsc2C(=O)NN)c1. The van der Waals surface area contributed by atoms with Crippen LogP contribution in [0.5, 0.6) is 5.75 Å². The van der Waals surface area contributed by atoms with Gasteiger partial charge in [0.2, 0.25) is 0 Å². The van der Waals surface area contributed by atoms with Gasteiger partial charge in [-0.05, 0) is 36.1 Å². The number of amides is 1. The Balaban J connectivity index is 2.13. The topological polar surface area (TPSA) is 64.3 Å². The molecule has 1 aromatic carbocycles. The lowest BCUT2D eigenvalue weighted by molar-refractivity contribution is 0.0955. The van der Waals surface area contributed by atoms with Crippen LogP contribution in [0.15, 0.2) is 29.6 Å². The summed E-state index contributed by atoms with van der Waals surface area (Å²) in [6, 6.07) is 6.39. The highest BCUT2D eigenvalue weighted by atomic mass is 32.1. The molecule has 0 saturated heterocycles. The van der Waals surface area contributed by atoms with E-state index >= 15 is 0 Å². The molecule has 0 aliphatic heterocycles. The molecular weight excluding hydrogens is 267 g/mol. The average Bonchev–Trinajstić information content (AvgIpc) is 2.87. The average molecular weight is 280 g/mol. The number of ether oxygens (including phenoxy) is 1. The maximum Gasteiger partial charge on any atom is 0.275 e. The molecule has 1 heterocycles. The Morgan fingerprint density at radius 2 is 2.26 bits per heavy atom. The molecule has 0 fully saturated rings. The fraction of sp³-hybridized carbons (Fsp3) is 0.154. The molecule has 6 heteroatoms. The van der Waals surface area contributed by atoms with Crippen molar-refractivity contribution in [2.45, 2.75) is 13.5 Å². The van der Waals surface area contributed by atoms with Crippen molar-refractivity contribution >= 4 is 17.2 Å². The van der Waals surface area contributed by atoms with Crippen molar-refractivity contribution < 1.29 is 13.9 Å². The van der Waals surface area contributed by atoms with E-state index in [0.29, 0.717) is 10.4 Å². The van der Waals surface area contributed by atoms with E-state index in [1.807, 2.05) is 6.92 Å². The number of hydrogen-bond donors (Lipinski definition) is 2. The summed E-state index contributed by atoms with van der Waals surface area (Å²) < 4.78 is 18.9. The van der Waals surface area contributed by atoms with Crippen molar-refractivity contribution in [2.24, 2.45) is 5.84 Å². The zero-order chi connectivity index (χ0) is 13.8. The van der Waals surface area contributed by atoms with Crippen LogP contribution in [0.1, 0.15) is 20.8 Å². The molecule has 0 aliphatic rings. The van der Waals surface area contributed by atoms with Crippen molar-refractivity contribution in [1.82, 2.24) is 5.43 Å². The summed E-state index contributed by atoms with van der Waals surface area (Å²) in [7, 11) is 0. The van der Waals surface area contributed by atoms with Crippen LogP contribution >= 0.6 is 11.3 Å². The maximum absolute atomic E-state index is 13.5. The first kappa shape index (κ1) is 13.5. The van der Waals surface area contributed by atoms with Crippen molar-refractivity contribution in [2.75, 3.05) is 0 Å². The lowest BCUT2D eigenvalue weighted by Gasteiger charge is -2.08. The molecule has 0 atom stereocenters. The van der Waals surface area contributed by atoms with E-state index < -0.39 is 5.82 Å². The van der Waals surface area contributed by atoms with Crippen molar-refractivity contribution in [3.63, 3.8) is 0 Å². The van der Waals surface area contributed by atoms with Gasteiger partial charge in [0.1, 0.15) is 6.61 Å². The summed E-state index contributed by atoms with van der Waals surface area (Å²) in [5.74, 6) is 4.46. The Hall–Kier alpha value is -1.92. The molecule has 100 valence electrons. The third-order valence-corrected chi connectivity index (χ3v) is 3.51. The molecule has 1 aromatic heterocycles. The second-order valence-electron chi connectivity index (χ2n) is 3.97. The second-order valence-corrected chi connectivity index (χ2v) is 4.89. The lowest BCUT2D eigenvalue weighted by Crippen LogP contribution is -2.30. The first-order valence-electron chi connectivity index (χ1n) is 5.58. The van der Waals surface area contributed by atoms with Crippen LogP contribution in [0, 0.1) is 12.7 Å². The molecule has 0 unspecified atom stereocenters. The van der Waals surface area contributed by atoms with E-state index in [0.717, 1.165) is 5.56 Å². The first-order valence-corrected chi connectivity index (χ1v) is 6.46. The monoisotopic (exact) mass is 280 g/mol. The number of rotatable bonds is 4. The smallest absolute Gasteiger partial charge is 0.275 e. The molecule has 0 spiro atoms. The third kappa shape index (κ3) is 3.10. The molecular formula is C13H13FN2O2S. The zero-order valence-corrected chi connectivity index (χ0v) is 11.1. The Morgan fingerprint density at radius 1 is 1.47 bits per heavy atom. The number of nitrogens with two attached hydrogens (primary N) is 1. The van der Waals surface area contributed by atoms with Gasteiger partial charge in [-0.25, -0.2) is 10.2 Å². The largest absolute Gasteiger partial charge is 0.486 e. The predicted molar refractivity (Wildman–Crippen MR) is 71.4 cm³/mol. The number of benzene rings is 1. The number of carbonyl (C=O) groups is 1. The van der Waals surface area contributed by atoms with Gasteiger partial charge in [0.05, 0.1) is 4.88 Å². The van der Waals surface area contributed by atoms with Crippen LogP contribution in [0.4, 0.5) is 4.39 Å². The molecule has 19 heavy (non-hydrogen) atoms. The fourth-order valence-electron chi connectivity index (χ4n) is 1.59. The highest BCUT2D eigenvalue weighted by Gasteiger charge is 2.13. The Labute approximate surface area is 114 Å². The minimum atomic E-state index is -0.425. The zero-order valence-electron chi connectivity index (χ0n) is 10.3. The van der Waals surface area contributed by atoms with E-state index in [1.165, 1.54) is 17.4 Å². The van der Waals surface area contributed by atoms with Gasteiger partial charge in [-0.3, -0.25) is 10.2 Å². The number of halogens is 1. The van der Waals surface area contributed by atoms with E-state index in [4.69, 9.17) is 10.6 Å². The number of carbonyl (C=O) groups excluding carboxylic acids is 1. The summed E-state index contributed by atoms with van der Waals surface area (Å²) >= 11 is 1.26. The summed E-state index contributed by atoms with van der Waals surface area (Å²) in [6.45, 7) is 1.97. The number of nitrogen functional groups attached to an aromatic ring is 1. The van der Waals surface area contributed by atoms with E-state index in [2.05, 4.69) is 5.43 Å². The van der Waals surface area contributed by atoms with Crippen LogP contribution in [0.3, 0.4) is 0 Å². The molecule has 3 N–H and O–H groups in total. The summed E-state index contributed by atoms with van der Waals surface area (Å²) in [5.41, 5.74) is 3.65. The molecule has 0 saturated carbocycles. The highest BCUT2D eigenvalue weighted by Crippen LogP contribution is 2.22. The van der Waals surface area contributed by atoms with Crippen molar-refractivity contribution in [3.8, 4) is 5.75 Å². The van der Waals surface area contributed by atoms with Gasteiger partial charge in [-0.15, -0.1) is 11.3 Å². The Morgan fingerprint density at radius 3 is 3.00 bits per heavy atom. The standard InChI is InChI=1S/C13H13FN2O2S/c1-8-2-3-10(14)11(6-8)18-7-9-4-5-19-12(9)13(17)16-15/h2-6H,7,15H2,1H3,(H,16,17). The minimum Gasteiger partial charge on any atom is -0.486 e. The number of aryl methyl sites for hydroxylation is 1. The molecule has 4 nitrogen and oxygen atoms in total. The highest BCUT2D eigenvalue weighted by molar-refractivity contribution is 7.12. The summed E-state index contributed by atoms with van der Waals surface area (Å²) in [4.78, 5) is 11.9. The predicted octanol–water partition coefficient (Wildman–Crippen LogP) is 2.38. The van der Waals surface area contributed by atoms with Crippen LogP contribution in [0.25, 0.3) is 0 Å². The van der Waals surface area contributed by atoms with Gasteiger partial charge in [-0.1, -0.05) is 6.07 Å². The van der Waals surface area contributed by atoms with Gasteiger partial charge < -0.3 is 4.74 Å². The molecule has 0 radical (unpaired) electrons. The van der Waals surface area contributed by atoms with E-state index in [-0.39, 0.29) is 18.3 Å². The van der Waals surface area contributed by atoms with Crippen LogP contribution in [0.2, 0.25) is 0 Å². The van der Waals surface area contributed by atoms with Crippen LogP contribution < -0.4 is 16.0 Å². The third-order valence-electron chi connectivity index (χ3n) is 2.55. The minimum absolute atomic E-state index is 0.118. The van der Waals surface area contributed by atoms with E-state index in [1.54, 1.807) is 23.6 Å². The van der Waals surface area contributed by atoms with Gasteiger partial charge >= 0.3 is 0 Å². The van der Waals surface area contributed by atoms with E-state index in [9.17, 15) is 9.18 Å². The first-order chi connectivity index (χ1) is 9.11. The molecule has 2 aromatic rings. The number of nitrogens with one attached hydrogen (secondary N) is 1. The fourth-order valence-corrected chi connectivity index (χ4v) is 2.40. The van der Waals surface area contributed by atoms with Crippen molar-refractivity contribution in [3.05, 3.63) is 51.5 Å². The van der Waals surface area contributed by atoms with Gasteiger partial charge in [0, 0.05) is 5.56 Å². The van der Waals surface area contributed by atoms with Crippen molar-refractivity contribution in [1.29, 1.82) is 0 Å². The Bertz CT molecular complexity index is 598. The summed E-state index contributed by atoms with van der Waals surface area (Å²) in [5, 5.41) is 1.76. The maximum atomic E-state index is 13.5.